The highest BCUT2D eigenvalue weighted by atomic mass is 35.5. The van der Waals surface area contributed by atoms with Gasteiger partial charge in [0.2, 0.25) is 0 Å². The number of ether oxygens (including phenoxy) is 1. The quantitative estimate of drug-likeness (QED) is 0.120. The number of benzene rings is 3. The summed E-state index contributed by atoms with van der Waals surface area (Å²) in [6, 6.07) is 17.0. The number of amides is 2. The van der Waals surface area contributed by atoms with Crippen LogP contribution < -0.4 is 20.9 Å². The van der Waals surface area contributed by atoms with E-state index in [4.69, 9.17) is 39.5 Å². The summed E-state index contributed by atoms with van der Waals surface area (Å²) >= 11 is 18.6. The first-order valence-corrected chi connectivity index (χ1v) is 17.7. The van der Waals surface area contributed by atoms with Crippen LogP contribution in [0, 0.1) is 0 Å². The van der Waals surface area contributed by atoms with Crippen LogP contribution in [-0.4, -0.2) is 27.7 Å². The summed E-state index contributed by atoms with van der Waals surface area (Å²) in [6.07, 6.45) is 3.39. The third-order valence-corrected chi connectivity index (χ3v) is 10.0. The number of rotatable bonds is 14. The summed E-state index contributed by atoms with van der Waals surface area (Å²) in [7, 11) is 0. The lowest BCUT2D eigenvalue weighted by Crippen LogP contribution is -2.34. The predicted octanol–water partition coefficient (Wildman–Crippen LogP) is 10.3. The molecule has 0 spiro atoms. The van der Waals surface area contributed by atoms with Crippen LogP contribution in [0.2, 0.25) is 15.1 Å². The van der Waals surface area contributed by atoms with Crippen molar-refractivity contribution in [2.75, 3.05) is 10.6 Å². The highest BCUT2D eigenvalue weighted by Gasteiger charge is 2.29. The Bertz CT molecular complexity index is 1860. The minimum absolute atomic E-state index is 0.00477. The molecule has 1 aromatic heterocycles. The van der Waals surface area contributed by atoms with Gasteiger partial charge in [0.1, 0.15) is 17.3 Å². The van der Waals surface area contributed by atoms with Crippen LogP contribution in [0.5, 0.6) is 5.75 Å². The molecule has 0 aliphatic carbocycles. The first-order valence-electron chi connectivity index (χ1n) is 16.6. The van der Waals surface area contributed by atoms with Gasteiger partial charge in [0.15, 0.2) is 6.10 Å². The van der Waals surface area contributed by atoms with E-state index in [1.165, 1.54) is 23.8 Å². The zero-order valence-corrected chi connectivity index (χ0v) is 31.4. The zero-order valence-electron chi connectivity index (χ0n) is 29.1. The predicted molar refractivity (Wildman–Crippen MR) is 201 cm³/mol. The molecule has 8 nitrogen and oxygen atoms in total. The molecule has 3 aromatic carbocycles. The van der Waals surface area contributed by atoms with E-state index in [1.54, 1.807) is 24.3 Å². The number of anilines is 2. The van der Waals surface area contributed by atoms with Crippen molar-refractivity contribution in [1.29, 1.82) is 0 Å². The maximum Gasteiger partial charge on any atom is 0.273 e. The number of carbonyl (C=O) groups excluding carboxylic acids is 2. The van der Waals surface area contributed by atoms with Crippen LogP contribution >= 0.6 is 34.8 Å². The summed E-state index contributed by atoms with van der Waals surface area (Å²) < 4.78 is 7.67. The van der Waals surface area contributed by atoms with E-state index < -0.39 is 17.6 Å². The maximum atomic E-state index is 13.7. The standard InChI is InChI=1S/C38H45Cl3N4O4/c1-8-11-15-31(49-30-17-16-24(37(4,5)9-2)19-27(30)38(6,7)10-3)36(48)42-26-14-12-13-23(18-26)35(47)43-32-22-33(46)45(44-32)34-28(40)20-25(39)21-29(34)41/h12-14,16-22,31,44H,8-11,15H2,1-7H3,(H,42,48)(H,43,47). The number of nitrogens with one attached hydrogen (secondary N) is 3. The number of hydrogen-bond acceptors (Lipinski definition) is 4. The summed E-state index contributed by atoms with van der Waals surface area (Å²) in [5, 5.41) is 9.08. The molecular formula is C38H45Cl3N4O4. The molecule has 3 N–H and O–H groups in total. The topological polar surface area (TPSA) is 105 Å². The van der Waals surface area contributed by atoms with E-state index in [1.807, 2.05) is 6.07 Å². The number of H-pyrrole nitrogens is 1. The lowest BCUT2D eigenvalue weighted by atomic mass is 9.76. The molecule has 0 radical (unpaired) electrons. The smallest absolute Gasteiger partial charge is 0.273 e. The minimum Gasteiger partial charge on any atom is -0.480 e. The van der Waals surface area contributed by atoms with Gasteiger partial charge in [-0.2, -0.15) is 0 Å². The minimum atomic E-state index is -0.745. The van der Waals surface area contributed by atoms with Crippen molar-refractivity contribution < 1.29 is 14.3 Å². The Hall–Kier alpha value is -3.72. The van der Waals surface area contributed by atoms with Gasteiger partial charge in [-0.3, -0.25) is 19.5 Å². The normalized spacial score (nSPS) is 12.4. The molecule has 1 heterocycles. The number of carbonyl (C=O) groups is 2. The van der Waals surface area contributed by atoms with E-state index in [2.05, 4.69) is 76.3 Å². The summed E-state index contributed by atoms with van der Waals surface area (Å²) in [4.78, 5) is 39.7. The number of aromatic amines is 1. The second-order valence-corrected chi connectivity index (χ2v) is 14.8. The maximum absolute atomic E-state index is 13.7. The molecule has 49 heavy (non-hydrogen) atoms. The molecule has 1 atom stereocenters. The number of halogens is 3. The van der Waals surface area contributed by atoms with Crippen molar-refractivity contribution in [1.82, 2.24) is 9.78 Å². The van der Waals surface area contributed by atoms with Crippen molar-refractivity contribution in [3.05, 3.63) is 103 Å². The summed E-state index contributed by atoms with van der Waals surface area (Å²) in [5.74, 6) is 0.0214. The summed E-state index contributed by atoms with van der Waals surface area (Å²) in [6.45, 7) is 15.3. The van der Waals surface area contributed by atoms with E-state index in [-0.39, 0.29) is 43.9 Å². The van der Waals surface area contributed by atoms with Crippen molar-refractivity contribution in [2.45, 2.75) is 97.5 Å². The van der Waals surface area contributed by atoms with Crippen LogP contribution in [-0.2, 0) is 15.6 Å². The Morgan fingerprint density at radius 3 is 2.18 bits per heavy atom. The van der Waals surface area contributed by atoms with Gasteiger partial charge < -0.3 is 15.4 Å². The fourth-order valence-electron chi connectivity index (χ4n) is 5.29. The molecule has 0 aliphatic rings. The van der Waals surface area contributed by atoms with E-state index in [0.717, 1.165) is 35.9 Å². The summed E-state index contributed by atoms with van der Waals surface area (Å²) in [5.41, 5.74) is 2.56. The van der Waals surface area contributed by atoms with Gasteiger partial charge in [-0.25, -0.2) is 4.68 Å². The number of aromatic nitrogens is 2. The van der Waals surface area contributed by atoms with Crippen molar-refractivity contribution in [3.63, 3.8) is 0 Å². The molecule has 0 bridgehead atoms. The molecule has 0 saturated heterocycles. The fraction of sp³-hybridized carbons (Fsp3) is 0.395. The van der Waals surface area contributed by atoms with Crippen LogP contribution in [0.15, 0.2) is 65.5 Å². The number of nitrogens with zero attached hydrogens (tertiary/aromatic N) is 1. The molecule has 0 aliphatic heterocycles. The Labute approximate surface area is 303 Å². The highest BCUT2D eigenvalue weighted by molar-refractivity contribution is 6.40. The van der Waals surface area contributed by atoms with Gasteiger partial charge in [0.05, 0.1) is 10.0 Å². The second kappa shape index (κ2) is 15.9. The SMILES string of the molecule is CCCCC(Oc1ccc(C(C)(C)CC)cc1C(C)(C)CC)C(=O)Nc1cccc(C(=O)Nc2cc(=O)n(-c3c(Cl)cc(Cl)cc3Cl)[nH]2)c1. The van der Waals surface area contributed by atoms with Crippen LogP contribution in [0.3, 0.4) is 0 Å². The molecular weight excluding hydrogens is 683 g/mol. The van der Waals surface area contributed by atoms with Gasteiger partial charge in [0.25, 0.3) is 17.4 Å². The van der Waals surface area contributed by atoms with Crippen LogP contribution in [0.25, 0.3) is 5.69 Å². The molecule has 0 fully saturated rings. The Morgan fingerprint density at radius 1 is 0.878 bits per heavy atom. The lowest BCUT2D eigenvalue weighted by Gasteiger charge is -2.31. The highest BCUT2D eigenvalue weighted by Crippen LogP contribution is 2.39. The van der Waals surface area contributed by atoms with Gasteiger partial charge in [0, 0.05) is 27.9 Å². The van der Waals surface area contributed by atoms with Crippen molar-refractivity contribution >= 4 is 58.1 Å². The third kappa shape index (κ3) is 9.10. The fourth-order valence-corrected chi connectivity index (χ4v) is 6.28. The Kier molecular flexibility index (Phi) is 12.3. The lowest BCUT2D eigenvalue weighted by molar-refractivity contribution is -0.123. The van der Waals surface area contributed by atoms with E-state index in [0.29, 0.717) is 22.9 Å². The molecule has 1 unspecified atom stereocenters. The first kappa shape index (κ1) is 38.1. The largest absolute Gasteiger partial charge is 0.480 e. The van der Waals surface area contributed by atoms with Crippen LogP contribution in [0.1, 0.15) is 102 Å². The molecule has 4 rings (SSSR count). The Balaban J connectivity index is 1.55. The van der Waals surface area contributed by atoms with Crippen LogP contribution in [0.4, 0.5) is 11.5 Å². The van der Waals surface area contributed by atoms with Crippen molar-refractivity contribution in [2.24, 2.45) is 0 Å². The van der Waals surface area contributed by atoms with E-state index >= 15 is 0 Å². The number of unbranched alkanes of at least 4 members (excludes halogenated alkanes) is 1. The molecule has 2 amide bonds. The first-order chi connectivity index (χ1) is 23.1. The molecule has 4 aromatic rings. The molecule has 0 saturated carbocycles. The van der Waals surface area contributed by atoms with Crippen molar-refractivity contribution in [3.8, 4) is 11.4 Å². The average molecular weight is 728 g/mol. The average Bonchev–Trinajstić information content (AvgIpc) is 3.41. The van der Waals surface area contributed by atoms with Gasteiger partial charge >= 0.3 is 0 Å². The number of hydrogen-bond donors (Lipinski definition) is 3. The second-order valence-electron chi connectivity index (χ2n) is 13.5. The zero-order chi connectivity index (χ0) is 36.1. The van der Waals surface area contributed by atoms with E-state index in [9.17, 15) is 14.4 Å². The molecule has 262 valence electrons. The third-order valence-electron chi connectivity index (χ3n) is 9.21. The van der Waals surface area contributed by atoms with Gasteiger partial charge in [-0.15, -0.1) is 0 Å². The van der Waals surface area contributed by atoms with Gasteiger partial charge in [-0.1, -0.05) is 108 Å². The van der Waals surface area contributed by atoms with Gasteiger partial charge in [-0.05, 0) is 78.5 Å². The Morgan fingerprint density at radius 2 is 1.55 bits per heavy atom. The molecule has 11 heteroatoms. The monoisotopic (exact) mass is 726 g/mol.